The van der Waals surface area contributed by atoms with Gasteiger partial charge >= 0.3 is 0 Å². The molecule has 3 rings (SSSR count). The molecule has 3 N–H and O–H groups in total. The fraction of sp³-hybridized carbons (Fsp3) is 0.125. The lowest BCUT2D eigenvalue weighted by molar-refractivity contribution is -0.115. The second-order valence-electron chi connectivity index (χ2n) is 5.22. The summed E-state index contributed by atoms with van der Waals surface area (Å²) in [5.74, 6) is -0.214. The molecule has 2 heterocycles. The van der Waals surface area contributed by atoms with Crippen molar-refractivity contribution in [2.75, 3.05) is 11.1 Å². The lowest BCUT2D eigenvalue weighted by Crippen LogP contribution is -2.12. The molecule has 3 aromatic rings. The number of aromatic hydroxyl groups is 1. The smallest absolute Gasteiger partial charge is 0.255 e. The van der Waals surface area contributed by atoms with Crippen molar-refractivity contribution in [2.45, 2.75) is 11.6 Å². The molecule has 0 aliphatic heterocycles. The number of thiazole rings is 1. The van der Waals surface area contributed by atoms with Crippen molar-refractivity contribution in [3.8, 4) is 17.1 Å². The van der Waals surface area contributed by atoms with Gasteiger partial charge in [0.05, 0.1) is 16.8 Å². The summed E-state index contributed by atoms with van der Waals surface area (Å²) in [6.07, 6.45) is 0.181. The Hall–Kier alpha value is -2.07. The van der Waals surface area contributed by atoms with Gasteiger partial charge in [0, 0.05) is 28.1 Å². The lowest BCUT2D eigenvalue weighted by atomic mass is 10.2. The largest absolute Gasteiger partial charge is 0.493 e. The van der Waals surface area contributed by atoms with Crippen molar-refractivity contribution in [2.24, 2.45) is 0 Å². The van der Waals surface area contributed by atoms with E-state index in [9.17, 15) is 14.7 Å². The Kier molecular flexibility index (Phi) is 6.38. The van der Waals surface area contributed by atoms with Gasteiger partial charge in [0.25, 0.3) is 5.56 Å². The number of hydrogen-bond donors (Lipinski definition) is 3. The standard InChI is InChI=1S/C16H12Cl2N4O3S2/c17-8-1-2-9(10(18)5-8)11-7-27-15(19-11)20-12(23)3-4-26-16-21-13(24)6-14(25)22-16/h1-2,5-7H,3-4H2,(H,19,20,23)(H2,21,22,24,25). The van der Waals surface area contributed by atoms with Gasteiger partial charge in [-0.1, -0.05) is 35.0 Å². The van der Waals surface area contributed by atoms with E-state index in [1.54, 1.807) is 23.6 Å². The number of aromatic nitrogens is 3. The molecule has 27 heavy (non-hydrogen) atoms. The minimum absolute atomic E-state index is 0.181. The first kappa shape index (κ1) is 19.7. The van der Waals surface area contributed by atoms with E-state index in [-0.39, 0.29) is 23.4 Å². The van der Waals surface area contributed by atoms with Crippen LogP contribution in [0.3, 0.4) is 0 Å². The van der Waals surface area contributed by atoms with Gasteiger partial charge in [-0.15, -0.1) is 11.3 Å². The van der Waals surface area contributed by atoms with Gasteiger partial charge in [-0.05, 0) is 18.2 Å². The van der Waals surface area contributed by atoms with Gasteiger partial charge in [-0.2, -0.15) is 4.98 Å². The monoisotopic (exact) mass is 442 g/mol. The third kappa shape index (κ3) is 5.46. The molecule has 11 heteroatoms. The molecular formula is C16H12Cl2N4O3S2. The number of thioether (sulfide) groups is 1. The van der Waals surface area contributed by atoms with E-state index in [1.165, 1.54) is 11.3 Å². The summed E-state index contributed by atoms with van der Waals surface area (Å²) in [5, 5.41) is 15.5. The Morgan fingerprint density at radius 1 is 1.30 bits per heavy atom. The van der Waals surface area contributed by atoms with Crippen LogP contribution in [0.4, 0.5) is 5.13 Å². The predicted molar refractivity (Wildman–Crippen MR) is 108 cm³/mol. The molecule has 0 bridgehead atoms. The highest BCUT2D eigenvalue weighted by molar-refractivity contribution is 7.99. The third-order valence-electron chi connectivity index (χ3n) is 3.23. The summed E-state index contributed by atoms with van der Waals surface area (Å²) in [6.45, 7) is 0. The molecule has 0 saturated carbocycles. The average molecular weight is 443 g/mol. The highest BCUT2D eigenvalue weighted by atomic mass is 35.5. The summed E-state index contributed by atoms with van der Waals surface area (Å²) in [7, 11) is 0. The molecule has 2 aromatic heterocycles. The minimum atomic E-state index is -0.453. The van der Waals surface area contributed by atoms with E-state index in [2.05, 4.69) is 20.3 Å². The zero-order valence-electron chi connectivity index (χ0n) is 13.5. The van der Waals surface area contributed by atoms with E-state index in [0.29, 0.717) is 26.6 Å². The molecule has 7 nitrogen and oxygen atoms in total. The Morgan fingerprint density at radius 3 is 2.85 bits per heavy atom. The SMILES string of the molecule is O=C(CCSc1nc(O)cc(=O)[nH]1)Nc1nc(-c2ccc(Cl)cc2Cl)cs1. The third-order valence-corrected chi connectivity index (χ3v) is 5.41. The molecule has 0 aliphatic carbocycles. The fourth-order valence-electron chi connectivity index (χ4n) is 2.07. The molecule has 0 unspecified atom stereocenters. The number of carbonyl (C=O) groups is 1. The maximum atomic E-state index is 12.1. The Labute approximate surface area is 171 Å². The number of hydrogen-bond acceptors (Lipinski definition) is 7. The van der Waals surface area contributed by atoms with Crippen LogP contribution in [-0.2, 0) is 4.79 Å². The van der Waals surface area contributed by atoms with Gasteiger partial charge in [-0.25, -0.2) is 4.98 Å². The molecule has 0 spiro atoms. The number of rotatable bonds is 6. The van der Waals surface area contributed by atoms with E-state index in [1.807, 2.05) is 0 Å². The molecule has 0 aliphatic rings. The molecule has 0 atom stereocenters. The summed E-state index contributed by atoms with van der Waals surface area (Å²) >= 11 is 14.5. The van der Waals surface area contributed by atoms with Crippen molar-refractivity contribution in [1.29, 1.82) is 0 Å². The zero-order chi connectivity index (χ0) is 19.4. The molecule has 1 amide bonds. The number of aromatic amines is 1. The molecule has 1 aromatic carbocycles. The topological polar surface area (TPSA) is 108 Å². The number of nitrogens with zero attached hydrogens (tertiary/aromatic N) is 2. The zero-order valence-corrected chi connectivity index (χ0v) is 16.7. The van der Waals surface area contributed by atoms with Crippen molar-refractivity contribution in [1.82, 2.24) is 15.0 Å². The lowest BCUT2D eigenvalue weighted by Gasteiger charge is -2.03. The molecule has 0 radical (unpaired) electrons. The predicted octanol–water partition coefficient (Wildman–Crippen LogP) is 4.03. The van der Waals surface area contributed by atoms with Crippen LogP contribution in [0.1, 0.15) is 6.42 Å². The van der Waals surface area contributed by atoms with E-state index in [0.717, 1.165) is 23.4 Å². The maximum absolute atomic E-state index is 12.1. The van der Waals surface area contributed by atoms with Crippen LogP contribution in [-0.4, -0.2) is 31.7 Å². The van der Waals surface area contributed by atoms with Crippen LogP contribution in [0, 0.1) is 0 Å². The second-order valence-corrected chi connectivity index (χ2v) is 8.00. The molecule has 140 valence electrons. The average Bonchev–Trinajstić information content (AvgIpc) is 3.02. The molecule has 0 fully saturated rings. The number of H-pyrrole nitrogens is 1. The van der Waals surface area contributed by atoms with E-state index in [4.69, 9.17) is 23.2 Å². The summed E-state index contributed by atoms with van der Waals surface area (Å²) in [5.41, 5.74) is 0.922. The van der Waals surface area contributed by atoms with Crippen LogP contribution in [0.15, 0.2) is 39.6 Å². The van der Waals surface area contributed by atoms with Crippen molar-refractivity contribution >= 4 is 57.3 Å². The van der Waals surface area contributed by atoms with Crippen molar-refractivity contribution in [3.05, 3.63) is 50.0 Å². The Morgan fingerprint density at radius 2 is 2.11 bits per heavy atom. The van der Waals surface area contributed by atoms with Gasteiger partial charge in [-0.3, -0.25) is 9.59 Å². The Balaban J connectivity index is 1.55. The minimum Gasteiger partial charge on any atom is -0.493 e. The van der Waals surface area contributed by atoms with Gasteiger partial charge in [0.2, 0.25) is 11.8 Å². The molecular weight excluding hydrogens is 431 g/mol. The summed E-state index contributed by atoms with van der Waals surface area (Å²) < 4.78 is 0. The normalized spacial score (nSPS) is 10.7. The van der Waals surface area contributed by atoms with Crippen LogP contribution in [0.5, 0.6) is 5.88 Å². The highest BCUT2D eigenvalue weighted by Crippen LogP contribution is 2.32. The highest BCUT2D eigenvalue weighted by Gasteiger charge is 2.11. The van der Waals surface area contributed by atoms with Crippen LogP contribution in [0.2, 0.25) is 10.0 Å². The second kappa shape index (κ2) is 8.75. The number of nitrogens with one attached hydrogen (secondary N) is 2. The Bertz CT molecular complexity index is 1040. The van der Waals surface area contributed by atoms with Crippen LogP contribution in [0.25, 0.3) is 11.3 Å². The van der Waals surface area contributed by atoms with Crippen molar-refractivity contribution in [3.63, 3.8) is 0 Å². The maximum Gasteiger partial charge on any atom is 0.255 e. The number of benzene rings is 1. The number of anilines is 1. The number of carbonyl (C=O) groups excluding carboxylic acids is 1. The fourth-order valence-corrected chi connectivity index (χ4v) is 4.11. The van der Waals surface area contributed by atoms with Gasteiger partial charge in [0.15, 0.2) is 10.3 Å². The van der Waals surface area contributed by atoms with E-state index < -0.39 is 5.56 Å². The van der Waals surface area contributed by atoms with Gasteiger partial charge in [0.1, 0.15) is 0 Å². The molecule has 0 saturated heterocycles. The number of amides is 1. The number of halogens is 2. The quantitative estimate of drug-likeness (QED) is 0.392. The first-order valence-electron chi connectivity index (χ1n) is 7.54. The summed E-state index contributed by atoms with van der Waals surface area (Å²) in [6, 6.07) is 6.10. The van der Waals surface area contributed by atoms with Crippen LogP contribution < -0.4 is 10.9 Å². The summed E-state index contributed by atoms with van der Waals surface area (Å²) in [4.78, 5) is 33.9. The van der Waals surface area contributed by atoms with Crippen molar-refractivity contribution < 1.29 is 9.90 Å². The van der Waals surface area contributed by atoms with Gasteiger partial charge < -0.3 is 15.4 Å². The van der Waals surface area contributed by atoms with E-state index >= 15 is 0 Å². The van der Waals surface area contributed by atoms with Crippen LogP contribution >= 0.6 is 46.3 Å². The first-order valence-corrected chi connectivity index (χ1v) is 10.2. The first-order chi connectivity index (χ1) is 12.9.